The summed E-state index contributed by atoms with van der Waals surface area (Å²) in [5.41, 5.74) is 2.57. The first kappa shape index (κ1) is 22.5. The van der Waals surface area contributed by atoms with Crippen molar-refractivity contribution in [3.63, 3.8) is 0 Å². The Morgan fingerprint density at radius 1 is 1.25 bits per heavy atom. The van der Waals surface area contributed by atoms with Crippen molar-refractivity contribution in [1.82, 2.24) is 15.2 Å². The highest BCUT2D eigenvalue weighted by Gasteiger charge is 2.47. The molecule has 4 rings (SSSR count). The fourth-order valence-corrected chi connectivity index (χ4v) is 4.77. The molecule has 0 aliphatic carbocycles. The third-order valence-corrected chi connectivity index (χ3v) is 6.54. The Labute approximate surface area is 190 Å². The van der Waals surface area contributed by atoms with E-state index < -0.39 is 5.41 Å². The molecule has 1 aromatic heterocycles. The van der Waals surface area contributed by atoms with Gasteiger partial charge >= 0.3 is 0 Å². The van der Waals surface area contributed by atoms with E-state index in [1.807, 2.05) is 35.4 Å². The summed E-state index contributed by atoms with van der Waals surface area (Å²) in [5.74, 6) is 0.432. The number of hydrogen-bond acceptors (Lipinski definition) is 4. The Kier molecular flexibility index (Phi) is 6.89. The van der Waals surface area contributed by atoms with E-state index in [0.29, 0.717) is 45.0 Å². The smallest absolute Gasteiger partial charge is 0.251 e. The summed E-state index contributed by atoms with van der Waals surface area (Å²) in [6.45, 7) is 6.46. The second-order valence-corrected chi connectivity index (χ2v) is 9.47. The van der Waals surface area contributed by atoms with Crippen LogP contribution in [0, 0.1) is 11.3 Å². The number of benzene rings is 1. The standard InChI is InChI=1S/C26H33N3O3/c1-19(2)16-28-25(31)26(11-13-29(18-26)24(30)23-10-6-14-32-23)15-20-7-3-4-9-22(20)21-8-5-12-27-17-21/h3-5,7-9,12,17,19,23H,6,10-11,13-16,18H2,1-2H3,(H,28,31). The molecule has 2 aliphatic heterocycles. The van der Waals surface area contributed by atoms with Gasteiger partial charge in [0.2, 0.25) is 5.91 Å². The van der Waals surface area contributed by atoms with Crippen LogP contribution >= 0.6 is 0 Å². The van der Waals surface area contributed by atoms with E-state index in [0.717, 1.165) is 29.5 Å². The first-order chi connectivity index (χ1) is 15.5. The summed E-state index contributed by atoms with van der Waals surface area (Å²) >= 11 is 0. The van der Waals surface area contributed by atoms with Gasteiger partial charge in [0.1, 0.15) is 6.10 Å². The van der Waals surface area contributed by atoms with Crippen molar-refractivity contribution in [3.8, 4) is 11.1 Å². The van der Waals surface area contributed by atoms with Crippen LogP contribution in [0.25, 0.3) is 11.1 Å². The lowest BCUT2D eigenvalue weighted by Crippen LogP contribution is -2.47. The highest BCUT2D eigenvalue weighted by molar-refractivity contribution is 5.87. The normalized spacial score (nSPS) is 23.0. The van der Waals surface area contributed by atoms with Crippen molar-refractivity contribution in [3.05, 3.63) is 54.4 Å². The fraction of sp³-hybridized carbons (Fsp3) is 0.500. The molecule has 2 aromatic rings. The fourth-order valence-electron chi connectivity index (χ4n) is 4.77. The van der Waals surface area contributed by atoms with E-state index in [4.69, 9.17) is 4.74 Å². The monoisotopic (exact) mass is 435 g/mol. The summed E-state index contributed by atoms with van der Waals surface area (Å²) in [5, 5.41) is 3.15. The van der Waals surface area contributed by atoms with Gasteiger partial charge in [0.25, 0.3) is 5.91 Å². The second-order valence-electron chi connectivity index (χ2n) is 9.47. The van der Waals surface area contributed by atoms with Crippen LogP contribution in [0.4, 0.5) is 0 Å². The van der Waals surface area contributed by atoms with Gasteiger partial charge in [-0.05, 0) is 48.8 Å². The number of amides is 2. The van der Waals surface area contributed by atoms with Gasteiger partial charge < -0.3 is 15.0 Å². The summed E-state index contributed by atoms with van der Waals surface area (Å²) in [6, 6.07) is 12.2. The van der Waals surface area contributed by atoms with Crippen molar-refractivity contribution in [1.29, 1.82) is 0 Å². The van der Waals surface area contributed by atoms with E-state index >= 15 is 0 Å². The quantitative estimate of drug-likeness (QED) is 0.723. The molecule has 0 saturated carbocycles. The van der Waals surface area contributed by atoms with Crippen LogP contribution < -0.4 is 5.32 Å². The molecule has 32 heavy (non-hydrogen) atoms. The number of rotatable bonds is 7. The maximum atomic E-state index is 13.5. The zero-order valence-electron chi connectivity index (χ0n) is 19.0. The SMILES string of the molecule is CC(C)CNC(=O)C1(Cc2ccccc2-c2cccnc2)CCN(C(=O)C2CCCO2)C1. The number of carbonyl (C=O) groups is 2. The average molecular weight is 436 g/mol. The van der Waals surface area contributed by atoms with Gasteiger partial charge in [-0.25, -0.2) is 0 Å². The molecule has 2 unspecified atom stereocenters. The molecular formula is C26H33N3O3. The predicted octanol–water partition coefficient (Wildman–Crippen LogP) is 3.46. The molecule has 2 atom stereocenters. The first-order valence-electron chi connectivity index (χ1n) is 11.7. The summed E-state index contributed by atoms with van der Waals surface area (Å²) in [6.07, 6.45) is 6.18. The van der Waals surface area contributed by atoms with Gasteiger partial charge in [-0.3, -0.25) is 14.6 Å². The third kappa shape index (κ3) is 4.85. The Morgan fingerprint density at radius 2 is 2.09 bits per heavy atom. The van der Waals surface area contributed by atoms with Crippen molar-refractivity contribution in [2.24, 2.45) is 11.3 Å². The molecule has 3 heterocycles. The molecule has 0 radical (unpaired) electrons. The summed E-state index contributed by atoms with van der Waals surface area (Å²) < 4.78 is 5.63. The number of nitrogens with one attached hydrogen (secondary N) is 1. The van der Waals surface area contributed by atoms with Crippen LogP contribution in [0.2, 0.25) is 0 Å². The van der Waals surface area contributed by atoms with Crippen LogP contribution in [0.5, 0.6) is 0 Å². The molecule has 1 N–H and O–H groups in total. The van der Waals surface area contributed by atoms with Crippen LogP contribution in [-0.4, -0.2) is 54.0 Å². The number of ether oxygens (including phenoxy) is 1. The largest absolute Gasteiger partial charge is 0.368 e. The molecule has 6 heteroatoms. The number of hydrogen-bond donors (Lipinski definition) is 1. The van der Waals surface area contributed by atoms with E-state index in [1.54, 1.807) is 6.20 Å². The number of aromatic nitrogens is 1. The highest BCUT2D eigenvalue weighted by Crippen LogP contribution is 2.38. The molecule has 2 amide bonds. The Morgan fingerprint density at radius 3 is 2.81 bits per heavy atom. The Balaban J connectivity index is 1.61. The lowest BCUT2D eigenvalue weighted by molar-refractivity contribution is -0.141. The van der Waals surface area contributed by atoms with E-state index in [2.05, 4.69) is 36.3 Å². The van der Waals surface area contributed by atoms with Gasteiger partial charge in [-0.1, -0.05) is 44.2 Å². The predicted molar refractivity (Wildman–Crippen MR) is 124 cm³/mol. The minimum Gasteiger partial charge on any atom is -0.368 e. The minimum atomic E-state index is -0.651. The van der Waals surface area contributed by atoms with Crippen molar-refractivity contribution >= 4 is 11.8 Å². The highest BCUT2D eigenvalue weighted by atomic mass is 16.5. The summed E-state index contributed by atoms with van der Waals surface area (Å²) in [4.78, 5) is 32.7. The number of pyridine rings is 1. The van der Waals surface area contributed by atoms with Gasteiger partial charge in [-0.2, -0.15) is 0 Å². The maximum absolute atomic E-state index is 13.5. The van der Waals surface area contributed by atoms with Gasteiger partial charge in [0.05, 0.1) is 5.41 Å². The van der Waals surface area contributed by atoms with Crippen molar-refractivity contribution < 1.29 is 14.3 Å². The molecule has 2 saturated heterocycles. The lowest BCUT2D eigenvalue weighted by atomic mass is 9.78. The first-order valence-corrected chi connectivity index (χ1v) is 11.7. The molecule has 0 bridgehead atoms. The van der Waals surface area contributed by atoms with Crippen LogP contribution in [-0.2, 0) is 20.7 Å². The van der Waals surface area contributed by atoms with Crippen LogP contribution in [0.3, 0.4) is 0 Å². The number of carbonyl (C=O) groups excluding carboxylic acids is 2. The van der Waals surface area contributed by atoms with Crippen LogP contribution in [0.15, 0.2) is 48.8 Å². The van der Waals surface area contributed by atoms with Gasteiger partial charge in [0.15, 0.2) is 0 Å². The third-order valence-electron chi connectivity index (χ3n) is 6.54. The van der Waals surface area contributed by atoms with E-state index in [-0.39, 0.29) is 17.9 Å². The zero-order valence-corrected chi connectivity index (χ0v) is 19.0. The van der Waals surface area contributed by atoms with Crippen LogP contribution in [0.1, 0.15) is 38.7 Å². The minimum absolute atomic E-state index is 0.0292. The second kappa shape index (κ2) is 9.82. The molecule has 6 nitrogen and oxygen atoms in total. The number of likely N-dealkylation sites (tertiary alicyclic amines) is 1. The average Bonchev–Trinajstić information content (AvgIpc) is 3.49. The van der Waals surface area contributed by atoms with Crippen molar-refractivity contribution in [2.45, 2.75) is 45.6 Å². The lowest BCUT2D eigenvalue weighted by Gasteiger charge is -2.30. The molecule has 0 spiro atoms. The Bertz CT molecular complexity index is 940. The number of nitrogens with zero attached hydrogens (tertiary/aromatic N) is 2. The zero-order chi connectivity index (χ0) is 22.6. The van der Waals surface area contributed by atoms with E-state index in [1.165, 1.54) is 0 Å². The topological polar surface area (TPSA) is 71.5 Å². The molecule has 2 aliphatic rings. The van der Waals surface area contributed by atoms with Crippen molar-refractivity contribution in [2.75, 3.05) is 26.2 Å². The van der Waals surface area contributed by atoms with Gasteiger partial charge in [0, 0.05) is 44.2 Å². The maximum Gasteiger partial charge on any atom is 0.251 e. The molecule has 170 valence electrons. The summed E-state index contributed by atoms with van der Waals surface area (Å²) in [7, 11) is 0. The van der Waals surface area contributed by atoms with E-state index in [9.17, 15) is 9.59 Å². The molecule has 1 aromatic carbocycles. The molecule has 2 fully saturated rings. The Hall–Kier alpha value is -2.73. The molecular weight excluding hydrogens is 402 g/mol. The van der Waals surface area contributed by atoms with Gasteiger partial charge in [-0.15, -0.1) is 0 Å².